The fourth-order valence-electron chi connectivity index (χ4n) is 1.96. The van der Waals surface area contributed by atoms with Gasteiger partial charge in [0.15, 0.2) is 0 Å². The van der Waals surface area contributed by atoms with E-state index < -0.39 is 5.97 Å². The normalized spacial score (nSPS) is 11.2. The van der Waals surface area contributed by atoms with E-state index in [2.05, 4.69) is 35.8 Å². The van der Waals surface area contributed by atoms with Crippen molar-refractivity contribution in [1.29, 1.82) is 0 Å². The predicted octanol–water partition coefficient (Wildman–Crippen LogP) is 3.30. The molecule has 0 saturated carbocycles. The van der Waals surface area contributed by atoms with Gasteiger partial charge in [-0.3, -0.25) is 9.69 Å². The van der Waals surface area contributed by atoms with Crippen LogP contribution in [-0.4, -0.2) is 29.1 Å². The maximum atomic E-state index is 10.9. The highest BCUT2D eigenvalue weighted by Crippen LogP contribution is 2.18. The molecule has 0 atom stereocenters. The highest BCUT2D eigenvalue weighted by atomic mass is 79.9. The first kappa shape index (κ1) is 15.2. The molecule has 0 aliphatic rings. The summed E-state index contributed by atoms with van der Waals surface area (Å²) in [5, 5.41) is 8.92. The molecule has 0 radical (unpaired) electrons. The molecular formula is C14H20BrNO2. The second kappa shape index (κ2) is 6.90. The fraction of sp³-hybridized carbons (Fsp3) is 0.500. The summed E-state index contributed by atoms with van der Waals surface area (Å²) in [6.45, 7) is 7.80. The minimum absolute atomic E-state index is 0.0906. The Bertz CT molecular complexity index is 418. The highest BCUT2D eigenvalue weighted by Gasteiger charge is 2.12. The van der Waals surface area contributed by atoms with Crippen molar-refractivity contribution >= 4 is 21.9 Å². The lowest BCUT2D eigenvalue weighted by Crippen LogP contribution is -2.32. The molecule has 0 aliphatic heterocycles. The van der Waals surface area contributed by atoms with Crippen molar-refractivity contribution in [2.45, 2.75) is 27.3 Å². The zero-order valence-electron chi connectivity index (χ0n) is 11.1. The van der Waals surface area contributed by atoms with Crippen LogP contribution in [0.5, 0.6) is 0 Å². The summed E-state index contributed by atoms with van der Waals surface area (Å²) in [6, 6.07) is 6.14. The van der Waals surface area contributed by atoms with Gasteiger partial charge in [-0.15, -0.1) is 0 Å². The smallest absolute Gasteiger partial charge is 0.317 e. The largest absolute Gasteiger partial charge is 0.480 e. The predicted molar refractivity (Wildman–Crippen MR) is 76.6 cm³/mol. The number of aliphatic carboxylic acids is 1. The molecule has 0 saturated heterocycles. The topological polar surface area (TPSA) is 40.5 Å². The first-order chi connectivity index (χ1) is 8.38. The number of carboxylic acid groups (broad SMARTS) is 1. The highest BCUT2D eigenvalue weighted by molar-refractivity contribution is 9.10. The number of hydrogen-bond donors (Lipinski definition) is 1. The number of carboxylic acids is 1. The molecule has 1 rings (SSSR count). The quantitative estimate of drug-likeness (QED) is 0.876. The lowest BCUT2D eigenvalue weighted by atomic mass is 10.1. The molecular weight excluding hydrogens is 294 g/mol. The molecule has 18 heavy (non-hydrogen) atoms. The maximum absolute atomic E-state index is 10.9. The van der Waals surface area contributed by atoms with Gasteiger partial charge in [-0.25, -0.2) is 0 Å². The zero-order valence-corrected chi connectivity index (χ0v) is 12.7. The molecule has 0 unspecified atom stereocenters. The third kappa shape index (κ3) is 5.19. The molecule has 0 aromatic heterocycles. The third-order valence-corrected chi connectivity index (χ3v) is 3.50. The van der Waals surface area contributed by atoms with Crippen molar-refractivity contribution in [2.75, 3.05) is 13.1 Å². The second-order valence-corrected chi connectivity index (χ2v) is 5.90. The van der Waals surface area contributed by atoms with Gasteiger partial charge < -0.3 is 5.11 Å². The van der Waals surface area contributed by atoms with Crippen LogP contribution in [-0.2, 0) is 11.3 Å². The summed E-state index contributed by atoms with van der Waals surface area (Å²) in [6.07, 6.45) is 0. The summed E-state index contributed by atoms with van der Waals surface area (Å²) in [5.74, 6) is -0.314. The maximum Gasteiger partial charge on any atom is 0.317 e. The van der Waals surface area contributed by atoms with E-state index in [0.717, 1.165) is 16.6 Å². The Morgan fingerprint density at radius 1 is 1.44 bits per heavy atom. The van der Waals surface area contributed by atoms with Gasteiger partial charge in [0.25, 0.3) is 0 Å². The summed E-state index contributed by atoms with van der Waals surface area (Å²) in [7, 11) is 0. The second-order valence-electron chi connectivity index (χ2n) is 5.04. The Balaban J connectivity index is 2.74. The van der Waals surface area contributed by atoms with Crippen molar-refractivity contribution in [2.24, 2.45) is 5.92 Å². The Morgan fingerprint density at radius 3 is 2.61 bits per heavy atom. The molecule has 1 N–H and O–H groups in total. The number of nitrogens with zero attached hydrogens (tertiary/aromatic N) is 1. The zero-order chi connectivity index (χ0) is 13.7. The lowest BCUT2D eigenvalue weighted by molar-refractivity contribution is -0.138. The average Bonchev–Trinajstić information content (AvgIpc) is 2.21. The molecule has 4 heteroatoms. The van der Waals surface area contributed by atoms with Gasteiger partial charge in [0.05, 0.1) is 6.54 Å². The molecule has 0 fully saturated rings. The van der Waals surface area contributed by atoms with E-state index >= 15 is 0 Å². The Morgan fingerprint density at radius 2 is 2.11 bits per heavy atom. The van der Waals surface area contributed by atoms with E-state index in [1.54, 1.807) is 0 Å². The number of carbonyl (C=O) groups is 1. The van der Waals surface area contributed by atoms with Crippen molar-refractivity contribution in [1.82, 2.24) is 4.90 Å². The monoisotopic (exact) mass is 313 g/mol. The van der Waals surface area contributed by atoms with Gasteiger partial charge in [-0.05, 0) is 30.0 Å². The Kier molecular flexibility index (Phi) is 5.82. The van der Waals surface area contributed by atoms with Gasteiger partial charge in [0.2, 0.25) is 0 Å². The van der Waals surface area contributed by atoms with E-state index in [1.807, 2.05) is 24.0 Å². The minimum Gasteiger partial charge on any atom is -0.480 e. The molecule has 0 amide bonds. The molecule has 0 aliphatic carbocycles. The van der Waals surface area contributed by atoms with Crippen LogP contribution in [0.25, 0.3) is 0 Å². The van der Waals surface area contributed by atoms with Crippen LogP contribution in [0.4, 0.5) is 0 Å². The van der Waals surface area contributed by atoms with Crippen LogP contribution in [0, 0.1) is 12.8 Å². The van der Waals surface area contributed by atoms with E-state index in [-0.39, 0.29) is 6.54 Å². The van der Waals surface area contributed by atoms with Crippen molar-refractivity contribution < 1.29 is 9.90 Å². The molecule has 0 bridgehead atoms. The summed E-state index contributed by atoms with van der Waals surface area (Å²) < 4.78 is 1.08. The molecule has 100 valence electrons. The lowest BCUT2D eigenvalue weighted by Gasteiger charge is -2.22. The van der Waals surface area contributed by atoms with Crippen LogP contribution >= 0.6 is 15.9 Å². The number of benzene rings is 1. The Hall–Kier alpha value is -0.870. The average molecular weight is 314 g/mol. The van der Waals surface area contributed by atoms with Gasteiger partial charge in [-0.1, -0.05) is 41.9 Å². The molecule has 0 spiro atoms. The van der Waals surface area contributed by atoms with Crippen LogP contribution in [0.2, 0.25) is 0 Å². The van der Waals surface area contributed by atoms with Gasteiger partial charge >= 0.3 is 5.97 Å². The molecule has 1 aromatic rings. The van der Waals surface area contributed by atoms with Crippen molar-refractivity contribution in [3.8, 4) is 0 Å². The summed E-state index contributed by atoms with van der Waals surface area (Å²) in [5.41, 5.74) is 2.32. The number of halogens is 1. The van der Waals surface area contributed by atoms with Gasteiger partial charge in [0.1, 0.15) is 0 Å². The van der Waals surface area contributed by atoms with Gasteiger partial charge in [0, 0.05) is 17.6 Å². The van der Waals surface area contributed by atoms with Crippen LogP contribution in [0.3, 0.4) is 0 Å². The van der Waals surface area contributed by atoms with Gasteiger partial charge in [-0.2, -0.15) is 0 Å². The first-order valence-corrected chi connectivity index (χ1v) is 6.87. The molecule has 1 aromatic carbocycles. The SMILES string of the molecule is Cc1cc(CN(CC(=O)O)CC(C)C)ccc1Br. The van der Waals surface area contributed by atoms with E-state index in [9.17, 15) is 4.79 Å². The van der Waals surface area contributed by atoms with E-state index in [1.165, 1.54) is 5.56 Å². The Labute approximate surface area is 117 Å². The molecule has 3 nitrogen and oxygen atoms in total. The summed E-state index contributed by atoms with van der Waals surface area (Å²) in [4.78, 5) is 12.8. The minimum atomic E-state index is -0.774. The number of hydrogen-bond acceptors (Lipinski definition) is 2. The van der Waals surface area contributed by atoms with Crippen LogP contribution < -0.4 is 0 Å². The van der Waals surface area contributed by atoms with E-state index in [4.69, 9.17) is 5.11 Å². The third-order valence-electron chi connectivity index (χ3n) is 2.61. The van der Waals surface area contributed by atoms with E-state index in [0.29, 0.717) is 12.5 Å². The fourth-order valence-corrected chi connectivity index (χ4v) is 2.20. The summed E-state index contributed by atoms with van der Waals surface area (Å²) >= 11 is 3.47. The number of rotatable bonds is 6. The van der Waals surface area contributed by atoms with Crippen LogP contribution in [0.15, 0.2) is 22.7 Å². The van der Waals surface area contributed by atoms with Crippen molar-refractivity contribution in [3.63, 3.8) is 0 Å². The molecule has 0 heterocycles. The van der Waals surface area contributed by atoms with Crippen molar-refractivity contribution in [3.05, 3.63) is 33.8 Å². The standard InChI is InChI=1S/C14H20BrNO2/c1-10(2)7-16(9-14(17)18)8-12-4-5-13(15)11(3)6-12/h4-6,10H,7-9H2,1-3H3,(H,17,18). The first-order valence-electron chi connectivity index (χ1n) is 6.07. The van der Waals surface area contributed by atoms with Crippen LogP contribution in [0.1, 0.15) is 25.0 Å². The number of aryl methyl sites for hydroxylation is 1.